The molecule has 0 aliphatic carbocycles. The average Bonchev–Trinajstić information content (AvgIpc) is 3.07. The number of hydrogen-bond donors (Lipinski definition) is 0. The maximum absolute atomic E-state index is 13.0. The number of nitrogens with zero attached hydrogens (tertiary/aromatic N) is 1. The topological polar surface area (TPSA) is 48.0 Å². The van der Waals surface area contributed by atoms with Gasteiger partial charge in [-0.05, 0) is 25.0 Å². The number of likely N-dealkylation sites (tertiary alicyclic amines) is 1. The van der Waals surface area contributed by atoms with E-state index in [-0.39, 0.29) is 17.3 Å². The van der Waals surface area contributed by atoms with Gasteiger partial charge in [-0.3, -0.25) is 9.69 Å². The molecule has 0 aromatic heterocycles. The minimum absolute atomic E-state index is 0.117. The van der Waals surface area contributed by atoms with Crippen molar-refractivity contribution in [2.75, 3.05) is 33.4 Å². The Hall–Kier alpha value is -2.53. The lowest BCUT2D eigenvalue weighted by molar-refractivity contribution is -0.149. The zero-order chi connectivity index (χ0) is 19.6. The second-order valence-corrected chi connectivity index (χ2v) is 7.55. The van der Waals surface area contributed by atoms with Crippen LogP contribution >= 0.6 is 0 Å². The van der Waals surface area contributed by atoms with E-state index in [0.29, 0.717) is 19.8 Å². The summed E-state index contributed by atoms with van der Waals surface area (Å²) in [6.07, 6.45) is 0.794. The Morgan fingerprint density at radius 3 is 2.79 bits per heavy atom. The molecule has 2 aliphatic heterocycles. The van der Waals surface area contributed by atoms with Crippen LogP contribution in [0.3, 0.4) is 0 Å². The molecule has 0 amide bonds. The van der Waals surface area contributed by atoms with Crippen molar-refractivity contribution in [1.29, 1.82) is 0 Å². The Bertz CT molecular complexity index is 838. The van der Waals surface area contributed by atoms with Gasteiger partial charge >= 0.3 is 5.97 Å². The SMILES string of the molecule is CCOC(=O)[C@@H]1CN(Cc2ccccc2)CC12CCOc1c(OC)cccc12. The maximum Gasteiger partial charge on any atom is 0.311 e. The molecule has 2 aromatic rings. The second-order valence-electron chi connectivity index (χ2n) is 7.55. The Morgan fingerprint density at radius 2 is 2.04 bits per heavy atom. The molecule has 2 atom stereocenters. The largest absolute Gasteiger partial charge is 0.493 e. The predicted octanol–water partition coefficient (Wildman–Crippen LogP) is 3.41. The minimum atomic E-state index is -0.316. The molecule has 5 nitrogen and oxygen atoms in total. The Morgan fingerprint density at radius 1 is 1.21 bits per heavy atom. The number of ether oxygens (including phenoxy) is 3. The van der Waals surface area contributed by atoms with E-state index in [1.165, 1.54) is 5.56 Å². The van der Waals surface area contributed by atoms with Gasteiger partial charge in [-0.25, -0.2) is 0 Å². The molecule has 148 valence electrons. The molecule has 28 heavy (non-hydrogen) atoms. The van der Waals surface area contributed by atoms with Crippen molar-refractivity contribution in [2.45, 2.75) is 25.3 Å². The summed E-state index contributed by atoms with van der Waals surface area (Å²) in [6, 6.07) is 16.4. The van der Waals surface area contributed by atoms with E-state index in [0.717, 1.165) is 36.6 Å². The zero-order valence-corrected chi connectivity index (χ0v) is 16.5. The quantitative estimate of drug-likeness (QED) is 0.743. The molecule has 0 bridgehead atoms. The lowest BCUT2D eigenvalue weighted by Gasteiger charge is -2.39. The van der Waals surface area contributed by atoms with E-state index in [4.69, 9.17) is 14.2 Å². The first-order valence-electron chi connectivity index (χ1n) is 9.91. The number of methoxy groups -OCH3 is 1. The van der Waals surface area contributed by atoms with Crippen LogP contribution in [0.2, 0.25) is 0 Å². The maximum atomic E-state index is 13.0. The number of fused-ring (bicyclic) bond motifs is 2. The van der Waals surface area contributed by atoms with E-state index < -0.39 is 0 Å². The van der Waals surface area contributed by atoms with Crippen molar-refractivity contribution < 1.29 is 19.0 Å². The molecule has 2 aromatic carbocycles. The molecule has 4 rings (SSSR count). The highest BCUT2D eigenvalue weighted by Crippen LogP contribution is 2.51. The van der Waals surface area contributed by atoms with Crippen LogP contribution in [0.15, 0.2) is 48.5 Å². The molecular weight excluding hydrogens is 354 g/mol. The van der Waals surface area contributed by atoms with Crippen LogP contribution in [0.4, 0.5) is 0 Å². The fourth-order valence-electron chi connectivity index (χ4n) is 4.73. The molecule has 2 heterocycles. The molecule has 0 saturated carbocycles. The van der Waals surface area contributed by atoms with Gasteiger partial charge in [0.05, 0.1) is 26.2 Å². The van der Waals surface area contributed by atoms with Crippen LogP contribution in [0.1, 0.15) is 24.5 Å². The lowest BCUT2D eigenvalue weighted by Crippen LogP contribution is -2.44. The summed E-state index contributed by atoms with van der Waals surface area (Å²) < 4.78 is 17.0. The fourth-order valence-corrected chi connectivity index (χ4v) is 4.73. The highest BCUT2D eigenvalue weighted by atomic mass is 16.5. The number of hydrogen-bond acceptors (Lipinski definition) is 5. The first-order chi connectivity index (χ1) is 13.7. The van der Waals surface area contributed by atoms with Crippen LogP contribution in [-0.2, 0) is 21.5 Å². The van der Waals surface area contributed by atoms with Crippen molar-refractivity contribution in [3.63, 3.8) is 0 Å². The molecule has 5 heteroatoms. The molecule has 1 spiro atoms. The van der Waals surface area contributed by atoms with Gasteiger partial charge in [0.2, 0.25) is 0 Å². The van der Waals surface area contributed by atoms with E-state index in [1.54, 1.807) is 7.11 Å². The number of rotatable bonds is 5. The third kappa shape index (κ3) is 3.24. The minimum Gasteiger partial charge on any atom is -0.493 e. The summed E-state index contributed by atoms with van der Waals surface area (Å²) >= 11 is 0. The van der Waals surface area contributed by atoms with E-state index in [1.807, 2.05) is 25.1 Å². The lowest BCUT2D eigenvalue weighted by atomic mass is 9.69. The molecule has 1 fully saturated rings. The van der Waals surface area contributed by atoms with E-state index in [9.17, 15) is 4.79 Å². The number of esters is 1. The zero-order valence-electron chi connectivity index (χ0n) is 16.5. The van der Waals surface area contributed by atoms with Crippen molar-refractivity contribution in [3.05, 3.63) is 59.7 Å². The van der Waals surface area contributed by atoms with Crippen molar-refractivity contribution >= 4 is 5.97 Å². The van der Waals surface area contributed by atoms with Gasteiger partial charge < -0.3 is 14.2 Å². The van der Waals surface area contributed by atoms with Gasteiger partial charge in [-0.2, -0.15) is 0 Å². The molecule has 0 N–H and O–H groups in total. The average molecular weight is 381 g/mol. The van der Waals surface area contributed by atoms with Gasteiger partial charge in [0, 0.05) is 30.6 Å². The van der Waals surface area contributed by atoms with Gasteiger partial charge in [-0.1, -0.05) is 42.5 Å². The third-order valence-electron chi connectivity index (χ3n) is 5.96. The highest BCUT2D eigenvalue weighted by molar-refractivity contribution is 5.76. The van der Waals surface area contributed by atoms with Crippen LogP contribution in [-0.4, -0.2) is 44.3 Å². The first-order valence-corrected chi connectivity index (χ1v) is 9.91. The monoisotopic (exact) mass is 381 g/mol. The number of carbonyl (C=O) groups is 1. The summed E-state index contributed by atoms with van der Waals surface area (Å²) in [4.78, 5) is 15.3. The summed E-state index contributed by atoms with van der Waals surface area (Å²) in [5.74, 6) is 1.16. The van der Waals surface area contributed by atoms with Crippen LogP contribution in [0.5, 0.6) is 11.5 Å². The van der Waals surface area contributed by atoms with Gasteiger partial charge in [0.15, 0.2) is 11.5 Å². The Balaban J connectivity index is 1.72. The smallest absolute Gasteiger partial charge is 0.311 e. The highest BCUT2D eigenvalue weighted by Gasteiger charge is 2.54. The van der Waals surface area contributed by atoms with Crippen molar-refractivity contribution in [3.8, 4) is 11.5 Å². The van der Waals surface area contributed by atoms with Crippen LogP contribution < -0.4 is 9.47 Å². The fraction of sp³-hybridized carbons (Fsp3) is 0.435. The Kier molecular flexibility index (Phi) is 5.27. The summed E-state index contributed by atoms with van der Waals surface area (Å²) in [5, 5.41) is 0. The van der Waals surface area contributed by atoms with Gasteiger partial charge in [0.1, 0.15) is 0 Å². The molecule has 2 aliphatic rings. The summed E-state index contributed by atoms with van der Waals surface area (Å²) in [7, 11) is 1.65. The number of carbonyl (C=O) groups excluding carboxylic acids is 1. The number of para-hydroxylation sites is 1. The number of benzene rings is 2. The molecule has 1 unspecified atom stereocenters. The Labute approximate surface area is 166 Å². The molecule has 1 saturated heterocycles. The third-order valence-corrected chi connectivity index (χ3v) is 5.96. The van der Waals surface area contributed by atoms with Gasteiger partial charge in [0.25, 0.3) is 0 Å². The van der Waals surface area contributed by atoms with Gasteiger partial charge in [-0.15, -0.1) is 0 Å². The second kappa shape index (κ2) is 7.84. The van der Waals surface area contributed by atoms with E-state index >= 15 is 0 Å². The van der Waals surface area contributed by atoms with Crippen molar-refractivity contribution in [1.82, 2.24) is 4.90 Å². The molecular formula is C23H27NO4. The standard InChI is InChI=1S/C23H27NO4/c1-3-27-22(25)19-15-24(14-17-8-5-4-6-9-17)16-23(19)12-13-28-21-18(23)10-7-11-20(21)26-2/h4-11,19H,3,12-16H2,1-2H3/t19-,23?/m0/s1. The summed E-state index contributed by atoms with van der Waals surface area (Å²) in [5.41, 5.74) is 2.00. The van der Waals surface area contributed by atoms with E-state index in [2.05, 4.69) is 35.2 Å². The summed E-state index contributed by atoms with van der Waals surface area (Å²) in [6.45, 7) is 5.13. The van der Waals surface area contributed by atoms with Crippen molar-refractivity contribution in [2.24, 2.45) is 5.92 Å². The predicted molar refractivity (Wildman–Crippen MR) is 107 cm³/mol. The van der Waals surface area contributed by atoms with Crippen LogP contribution in [0, 0.1) is 5.92 Å². The normalized spacial score (nSPS) is 23.9. The first kappa shape index (κ1) is 18.8. The van der Waals surface area contributed by atoms with Crippen LogP contribution in [0.25, 0.3) is 0 Å². The molecule has 0 radical (unpaired) electrons.